The number of para-hydroxylation sites is 2. The first-order valence-electron chi connectivity index (χ1n) is 7.00. The molecule has 1 aromatic heterocycles. The van der Waals surface area contributed by atoms with E-state index in [1.54, 1.807) is 11.8 Å². The molecule has 3 rings (SSSR count). The predicted molar refractivity (Wildman–Crippen MR) is 88.2 cm³/mol. The van der Waals surface area contributed by atoms with E-state index in [9.17, 15) is 0 Å². The van der Waals surface area contributed by atoms with Crippen LogP contribution in [0.2, 0.25) is 0 Å². The number of ether oxygens (including phenoxy) is 1. The third kappa shape index (κ3) is 3.39. The predicted octanol–water partition coefficient (Wildman–Crippen LogP) is 4.35. The minimum Gasteiger partial charge on any atom is -0.492 e. The van der Waals surface area contributed by atoms with Crippen molar-refractivity contribution in [3.63, 3.8) is 0 Å². The van der Waals surface area contributed by atoms with Gasteiger partial charge >= 0.3 is 0 Å². The van der Waals surface area contributed by atoms with Gasteiger partial charge in [-0.05, 0) is 43.2 Å². The second-order valence-corrected chi connectivity index (χ2v) is 6.11. The van der Waals surface area contributed by atoms with Crippen molar-refractivity contribution < 1.29 is 4.74 Å². The van der Waals surface area contributed by atoms with E-state index in [1.165, 1.54) is 11.1 Å². The first-order valence-corrected chi connectivity index (χ1v) is 7.98. The van der Waals surface area contributed by atoms with Gasteiger partial charge in [-0.1, -0.05) is 36.0 Å². The molecule has 0 spiro atoms. The zero-order valence-electron chi connectivity index (χ0n) is 12.2. The van der Waals surface area contributed by atoms with Crippen molar-refractivity contribution in [2.24, 2.45) is 0 Å². The minimum absolute atomic E-state index is 0.673. The van der Waals surface area contributed by atoms with Gasteiger partial charge in [0.1, 0.15) is 5.75 Å². The number of thioether (sulfide) groups is 1. The van der Waals surface area contributed by atoms with Crippen LogP contribution in [0.15, 0.2) is 47.6 Å². The van der Waals surface area contributed by atoms with Gasteiger partial charge in [-0.3, -0.25) is 0 Å². The zero-order chi connectivity index (χ0) is 14.7. The smallest absolute Gasteiger partial charge is 0.166 e. The maximum absolute atomic E-state index is 5.85. The first-order chi connectivity index (χ1) is 10.2. The van der Waals surface area contributed by atoms with Gasteiger partial charge in [-0.15, -0.1) is 0 Å². The van der Waals surface area contributed by atoms with Crippen LogP contribution in [0.4, 0.5) is 0 Å². The number of aromatic nitrogens is 2. The molecule has 108 valence electrons. The molecule has 0 saturated carbocycles. The summed E-state index contributed by atoms with van der Waals surface area (Å²) < 4.78 is 5.85. The van der Waals surface area contributed by atoms with Crippen LogP contribution in [0.5, 0.6) is 5.75 Å². The number of nitrogens with one attached hydrogen (secondary N) is 1. The molecule has 0 atom stereocenters. The van der Waals surface area contributed by atoms with Crippen LogP contribution >= 0.6 is 11.8 Å². The Labute approximate surface area is 128 Å². The van der Waals surface area contributed by atoms with Gasteiger partial charge < -0.3 is 9.72 Å². The van der Waals surface area contributed by atoms with Gasteiger partial charge in [0.2, 0.25) is 0 Å². The molecule has 0 saturated heterocycles. The molecule has 0 bridgehead atoms. The highest BCUT2D eigenvalue weighted by Crippen LogP contribution is 2.21. The summed E-state index contributed by atoms with van der Waals surface area (Å²) in [7, 11) is 0. The average molecular weight is 298 g/mol. The van der Waals surface area contributed by atoms with E-state index in [1.807, 2.05) is 24.3 Å². The Kier molecular flexibility index (Phi) is 4.15. The number of aromatic amines is 1. The van der Waals surface area contributed by atoms with Crippen molar-refractivity contribution in [2.75, 3.05) is 12.4 Å². The highest BCUT2D eigenvalue weighted by atomic mass is 32.2. The molecule has 21 heavy (non-hydrogen) atoms. The fraction of sp³-hybridized carbons (Fsp3) is 0.235. The topological polar surface area (TPSA) is 37.9 Å². The average Bonchev–Trinajstić information content (AvgIpc) is 2.89. The lowest BCUT2D eigenvalue weighted by molar-refractivity contribution is 0.341. The fourth-order valence-corrected chi connectivity index (χ4v) is 2.86. The maximum atomic E-state index is 5.85. The Bertz CT molecular complexity index is 718. The van der Waals surface area contributed by atoms with Crippen LogP contribution in [0, 0.1) is 13.8 Å². The van der Waals surface area contributed by atoms with Crippen LogP contribution in [0.3, 0.4) is 0 Å². The van der Waals surface area contributed by atoms with Crippen molar-refractivity contribution >= 4 is 22.8 Å². The number of hydrogen-bond acceptors (Lipinski definition) is 3. The number of rotatable bonds is 5. The second-order valence-electron chi connectivity index (χ2n) is 5.02. The second kappa shape index (κ2) is 6.22. The maximum Gasteiger partial charge on any atom is 0.166 e. The summed E-state index contributed by atoms with van der Waals surface area (Å²) in [4.78, 5) is 7.85. The third-order valence-corrected chi connectivity index (χ3v) is 4.13. The molecule has 2 aromatic carbocycles. The van der Waals surface area contributed by atoms with Gasteiger partial charge in [0.15, 0.2) is 5.16 Å². The highest BCUT2D eigenvalue weighted by Gasteiger charge is 2.03. The molecule has 0 amide bonds. The Balaban J connectivity index is 1.55. The lowest BCUT2D eigenvalue weighted by Crippen LogP contribution is -2.01. The molecule has 0 aliphatic heterocycles. The van der Waals surface area contributed by atoms with E-state index in [4.69, 9.17) is 4.74 Å². The van der Waals surface area contributed by atoms with Crippen LogP contribution in [-0.4, -0.2) is 22.3 Å². The van der Waals surface area contributed by atoms with E-state index >= 15 is 0 Å². The molecule has 0 fully saturated rings. The Hall–Kier alpha value is -1.94. The minimum atomic E-state index is 0.673. The number of hydrogen-bond donors (Lipinski definition) is 1. The monoisotopic (exact) mass is 298 g/mol. The summed E-state index contributed by atoms with van der Waals surface area (Å²) in [6, 6.07) is 14.4. The summed E-state index contributed by atoms with van der Waals surface area (Å²) in [5.74, 6) is 1.84. The largest absolute Gasteiger partial charge is 0.492 e. The van der Waals surface area contributed by atoms with E-state index in [2.05, 4.69) is 42.0 Å². The molecule has 0 unspecified atom stereocenters. The van der Waals surface area contributed by atoms with Gasteiger partial charge in [-0.2, -0.15) is 0 Å². The van der Waals surface area contributed by atoms with E-state index < -0.39 is 0 Å². The Morgan fingerprint density at radius 3 is 2.86 bits per heavy atom. The molecule has 0 radical (unpaired) electrons. The summed E-state index contributed by atoms with van der Waals surface area (Å²) in [5, 5.41) is 0.945. The van der Waals surface area contributed by atoms with Crippen LogP contribution in [-0.2, 0) is 0 Å². The molecule has 1 heterocycles. The molecular weight excluding hydrogens is 280 g/mol. The SMILES string of the molecule is Cc1ccc(C)c(OCCSc2nc3ccccc3[nH]2)c1. The molecular formula is C17H18N2OS. The number of benzene rings is 2. The molecule has 0 aliphatic rings. The lowest BCUT2D eigenvalue weighted by Gasteiger charge is -2.09. The normalized spacial score (nSPS) is 11.0. The highest BCUT2D eigenvalue weighted by molar-refractivity contribution is 7.99. The molecule has 1 N–H and O–H groups in total. The zero-order valence-corrected chi connectivity index (χ0v) is 13.0. The Morgan fingerprint density at radius 2 is 2.00 bits per heavy atom. The third-order valence-electron chi connectivity index (χ3n) is 3.29. The molecule has 4 heteroatoms. The van der Waals surface area contributed by atoms with Crippen LogP contribution in [0.1, 0.15) is 11.1 Å². The van der Waals surface area contributed by atoms with Crippen molar-refractivity contribution in [3.8, 4) is 5.75 Å². The number of nitrogens with zero attached hydrogens (tertiary/aromatic N) is 1. The lowest BCUT2D eigenvalue weighted by atomic mass is 10.1. The fourth-order valence-electron chi connectivity index (χ4n) is 2.15. The van der Waals surface area contributed by atoms with Crippen LogP contribution < -0.4 is 4.74 Å². The molecule has 3 nitrogen and oxygen atoms in total. The molecule has 3 aromatic rings. The van der Waals surface area contributed by atoms with Gasteiger partial charge in [-0.25, -0.2) is 4.98 Å². The summed E-state index contributed by atoms with van der Waals surface area (Å²) in [6.07, 6.45) is 0. The summed E-state index contributed by atoms with van der Waals surface area (Å²) >= 11 is 1.68. The quantitative estimate of drug-likeness (QED) is 0.562. The van der Waals surface area contributed by atoms with E-state index in [0.717, 1.165) is 27.7 Å². The van der Waals surface area contributed by atoms with Crippen molar-refractivity contribution in [1.29, 1.82) is 0 Å². The van der Waals surface area contributed by atoms with Crippen molar-refractivity contribution in [2.45, 2.75) is 19.0 Å². The van der Waals surface area contributed by atoms with Gasteiger partial charge in [0.25, 0.3) is 0 Å². The summed E-state index contributed by atoms with van der Waals surface area (Å²) in [6.45, 7) is 4.82. The van der Waals surface area contributed by atoms with E-state index in [-0.39, 0.29) is 0 Å². The number of aryl methyl sites for hydroxylation is 2. The summed E-state index contributed by atoms with van der Waals surface area (Å²) in [5.41, 5.74) is 4.49. The number of H-pyrrole nitrogens is 1. The Morgan fingerprint density at radius 1 is 1.14 bits per heavy atom. The van der Waals surface area contributed by atoms with Crippen molar-refractivity contribution in [3.05, 3.63) is 53.6 Å². The standard InChI is InChI=1S/C17H18N2OS/c1-12-7-8-13(2)16(11-12)20-9-10-21-17-18-14-5-3-4-6-15(14)19-17/h3-8,11H,9-10H2,1-2H3,(H,18,19). The van der Waals surface area contributed by atoms with Gasteiger partial charge in [0, 0.05) is 5.75 Å². The first kappa shape index (κ1) is 14.0. The van der Waals surface area contributed by atoms with Crippen molar-refractivity contribution in [1.82, 2.24) is 9.97 Å². The van der Waals surface area contributed by atoms with E-state index in [0.29, 0.717) is 6.61 Å². The van der Waals surface area contributed by atoms with Crippen LogP contribution in [0.25, 0.3) is 11.0 Å². The number of imidazole rings is 1. The van der Waals surface area contributed by atoms with Gasteiger partial charge in [0.05, 0.1) is 17.6 Å². The number of fused-ring (bicyclic) bond motifs is 1. The molecule has 0 aliphatic carbocycles.